The standard InChI is InChI=1S/C17H20N4O3/c1-18-16(23)11-20-6-8-21(9-7-20)17(24)13-10-15(22)19-14-5-3-2-4-12(13)14/h2-5,10H,6-9,11H2,1H3,(H,18,23)(H,19,22). The minimum absolute atomic E-state index is 0.0321. The van der Waals surface area contributed by atoms with Gasteiger partial charge in [-0.25, -0.2) is 0 Å². The normalized spacial score (nSPS) is 15.5. The largest absolute Gasteiger partial charge is 0.358 e. The number of pyridine rings is 1. The first kappa shape index (κ1) is 16.2. The Kier molecular flexibility index (Phi) is 4.61. The average Bonchev–Trinajstić information content (AvgIpc) is 2.61. The molecule has 1 fully saturated rings. The van der Waals surface area contributed by atoms with Gasteiger partial charge in [-0.3, -0.25) is 19.3 Å². The Labute approximate surface area is 139 Å². The quantitative estimate of drug-likeness (QED) is 0.832. The summed E-state index contributed by atoms with van der Waals surface area (Å²) in [4.78, 5) is 42.6. The number of piperazine rings is 1. The number of rotatable bonds is 3. The van der Waals surface area contributed by atoms with E-state index in [9.17, 15) is 14.4 Å². The van der Waals surface area contributed by atoms with Crippen LogP contribution in [0.2, 0.25) is 0 Å². The van der Waals surface area contributed by atoms with Crippen LogP contribution in [0.4, 0.5) is 0 Å². The molecule has 0 saturated carbocycles. The van der Waals surface area contributed by atoms with Crippen LogP contribution in [0.1, 0.15) is 10.4 Å². The number of aromatic nitrogens is 1. The fraction of sp³-hybridized carbons (Fsp3) is 0.353. The molecule has 2 amide bonds. The number of likely N-dealkylation sites (N-methyl/N-ethyl adjacent to an activating group) is 1. The molecule has 1 aromatic heterocycles. The molecule has 2 heterocycles. The molecule has 0 aliphatic carbocycles. The van der Waals surface area contributed by atoms with Crippen LogP contribution in [-0.4, -0.2) is 66.4 Å². The maximum Gasteiger partial charge on any atom is 0.254 e. The van der Waals surface area contributed by atoms with E-state index in [2.05, 4.69) is 10.3 Å². The van der Waals surface area contributed by atoms with E-state index in [0.29, 0.717) is 43.8 Å². The number of carbonyl (C=O) groups is 2. The Morgan fingerprint density at radius 3 is 2.58 bits per heavy atom. The van der Waals surface area contributed by atoms with Crippen LogP contribution in [0, 0.1) is 0 Å². The molecule has 0 bridgehead atoms. The fourth-order valence-corrected chi connectivity index (χ4v) is 2.94. The van der Waals surface area contributed by atoms with Crippen LogP contribution in [0.5, 0.6) is 0 Å². The van der Waals surface area contributed by atoms with Crippen molar-refractivity contribution in [3.05, 3.63) is 46.2 Å². The van der Waals surface area contributed by atoms with Crippen LogP contribution in [-0.2, 0) is 4.79 Å². The molecule has 1 aliphatic heterocycles. The minimum Gasteiger partial charge on any atom is -0.358 e. The van der Waals surface area contributed by atoms with Crippen LogP contribution in [0.3, 0.4) is 0 Å². The highest BCUT2D eigenvalue weighted by Gasteiger charge is 2.24. The molecule has 0 radical (unpaired) electrons. The molecule has 2 N–H and O–H groups in total. The number of amides is 2. The number of aromatic amines is 1. The lowest BCUT2D eigenvalue weighted by Crippen LogP contribution is -2.51. The molecule has 0 spiro atoms. The number of nitrogens with one attached hydrogen (secondary N) is 2. The topological polar surface area (TPSA) is 85.5 Å². The highest BCUT2D eigenvalue weighted by molar-refractivity contribution is 6.06. The van der Waals surface area contributed by atoms with Gasteiger partial charge in [0.2, 0.25) is 11.5 Å². The van der Waals surface area contributed by atoms with Crippen LogP contribution in [0.25, 0.3) is 10.9 Å². The van der Waals surface area contributed by atoms with Gasteiger partial charge in [0.1, 0.15) is 0 Å². The second-order valence-electron chi connectivity index (χ2n) is 5.83. The third-order valence-corrected chi connectivity index (χ3v) is 4.29. The fourth-order valence-electron chi connectivity index (χ4n) is 2.94. The van der Waals surface area contributed by atoms with Gasteiger partial charge >= 0.3 is 0 Å². The second kappa shape index (κ2) is 6.84. The summed E-state index contributed by atoms with van der Waals surface area (Å²) >= 11 is 0. The van der Waals surface area contributed by atoms with E-state index in [4.69, 9.17) is 0 Å². The molecule has 126 valence electrons. The molecule has 7 nitrogen and oxygen atoms in total. The van der Waals surface area contributed by atoms with E-state index in [1.165, 1.54) is 6.07 Å². The predicted octanol–water partition coefficient (Wildman–Crippen LogP) is 0.0319. The van der Waals surface area contributed by atoms with Gasteiger partial charge in [0.25, 0.3) is 5.91 Å². The molecule has 0 atom stereocenters. The summed E-state index contributed by atoms with van der Waals surface area (Å²) < 4.78 is 0. The number of nitrogens with zero attached hydrogens (tertiary/aromatic N) is 2. The van der Waals surface area contributed by atoms with Crippen molar-refractivity contribution < 1.29 is 9.59 Å². The number of H-pyrrole nitrogens is 1. The summed E-state index contributed by atoms with van der Waals surface area (Å²) in [5, 5.41) is 3.34. The van der Waals surface area contributed by atoms with E-state index in [0.717, 1.165) is 5.39 Å². The summed E-state index contributed by atoms with van der Waals surface area (Å²) in [6.45, 7) is 2.70. The Morgan fingerprint density at radius 1 is 1.17 bits per heavy atom. The van der Waals surface area contributed by atoms with Crippen LogP contribution in [0.15, 0.2) is 35.1 Å². The first-order chi connectivity index (χ1) is 11.6. The minimum atomic E-state index is -0.282. The molecule has 2 aromatic rings. The molecule has 1 aromatic carbocycles. The monoisotopic (exact) mass is 328 g/mol. The highest BCUT2D eigenvalue weighted by Crippen LogP contribution is 2.17. The van der Waals surface area contributed by atoms with Gasteiger partial charge in [0.15, 0.2) is 0 Å². The van der Waals surface area contributed by atoms with E-state index >= 15 is 0 Å². The Morgan fingerprint density at radius 2 is 1.88 bits per heavy atom. The van der Waals surface area contributed by atoms with Crippen molar-refractivity contribution in [3.8, 4) is 0 Å². The Hall–Kier alpha value is -2.67. The van der Waals surface area contributed by atoms with Crippen molar-refractivity contribution in [1.29, 1.82) is 0 Å². The van der Waals surface area contributed by atoms with Gasteiger partial charge in [-0.15, -0.1) is 0 Å². The first-order valence-corrected chi connectivity index (χ1v) is 7.93. The van der Waals surface area contributed by atoms with Crippen molar-refractivity contribution in [2.75, 3.05) is 39.8 Å². The molecule has 0 unspecified atom stereocenters. The van der Waals surface area contributed by atoms with E-state index in [1.807, 2.05) is 23.1 Å². The van der Waals surface area contributed by atoms with Gasteiger partial charge in [0, 0.05) is 50.2 Å². The zero-order valence-corrected chi connectivity index (χ0v) is 13.5. The molecular formula is C17H20N4O3. The number of hydrogen-bond donors (Lipinski definition) is 2. The summed E-state index contributed by atoms with van der Waals surface area (Å²) in [7, 11) is 1.61. The van der Waals surface area contributed by atoms with Gasteiger partial charge in [-0.05, 0) is 6.07 Å². The highest BCUT2D eigenvalue weighted by atomic mass is 16.2. The lowest BCUT2D eigenvalue weighted by atomic mass is 10.1. The first-order valence-electron chi connectivity index (χ1n) is 7.93. The van der Waals surface area contributed by atoms with Crippen molar-refractivity contribution in [3.63, 3.8) is 0 Å². The average molecular weight is 328 g/mol. The summed E-state index contributed by atoms with van der Waals surface area (Å²) in [6, 6.07) is 8.65. The number of hydrogen-bond acceptors (Lipinski definition) is 4. The van der Waals surface area contributed by atoms with E-state index in [1.54, 1.807) is 18.0 Å². The maximum absolute atomic E-state index is 12.8. The van der Waals surface area contributed by atoms with Crippen LogP contribution < -0.4 is 10.9 Å². The molecule has 1 aliphatic rings. The number of carbonyl (C=O) groups excluding carboxylic acids is 2. The SMILES string of the molecule is CNC(=O)CN1CCN(C(=O)c2cc(=O)[nH]c3ccccc23)CC1. The zero-order valence-electron chi connectivity index (χ0n) is 13.5. The number of fused-ring (bicyclic) bond motifs is 1. The van der Waals surface area contributed by atoms with Gasteiger partial charge in [-0.2, -0.15) is 0 Å². The molecular weight excluding hydrogens is 308 g/mol. The predicted molar refractivity (Wildman–Crippen MR) is 91.0 cm³/mol. The van der Waals surface area contributed by atoms with Crippen molar-refractivity contribution in [2.45, 2.75) is 0 Å². The maximum atomic E-state index is 12.8. The number of benzene rings is 1. The van der Waals surface area contributed by atoms with Gasteiger partial charge < -0.3 is 15.2 Å². The summed E-state index contributed by atoms with van der Waals surface area (Å²) in [5.74, 6) is -0.174. The lowest BCUT2D eigenvalue weighted by molar-refractivity contribution is -0.122. The van der Waals surface area contributed by atoms with Crippen molar-refractivity contribution >= 4 is 22.7 Å². The second-order valence-corrected chi connectivity index (χ2v) is 5.83. The van der Waals surface area contributed by atoms with Crippen molar-refractivity contribution in [1.82, 2.24) is 20.1 Å². The molecule has 7 heteroatoms. The third kappa shape index (κ3) is 3.30. The van der Waals surface area contributed by atoms with Crippen molar-refractivity contribution in [2.24, 2.45) is 0 Å². The Bertz CT molecular complexity index is 822. The lowest BCUT2D eigenvalue weighted by Gasteiger charge is -2.34. The number of para-hydroxylation sites is 1. The molecule has 24 heavy (non-hydrogen) atoms. The van der Waals surface area contributed by atoms with Crippen LogP contribution >= 0.6 is 0 Å². The molecule has 3 rings (SSSR count). The van der Waals surface area contributed by atoms with Gasteiger partial charge in [-0.1, -0.05) is 18.2 Å². The van der Waals surface area contributed by atoms with E-state index < -0.39 is 0 Å². The van der Waals surface area contributed by atoms with E-state index in [-0.39, 0.29) is 17.4 Å². The summed E-state index contributed by atoms with van der Waals surface area (Å²) in [5.41, 5.74) is 0.802. The summed E-state index contributed by atoms with van der Waals surface area (Å²) in [6.07, 6.45) is 0. The smallest absolute Gasteiger partial charge is 0.254 e. The third-order valence-electron chi connectivity index (χ3n) is 4.29. The Balaban J connectivity index is 1.77. The van der Waals surface area contributed by atoms with Gasteiger partial charge in [0.05, 0.1) is 12.1 Å². The molecule has 1 saturated heterocycles. The zero-order chi connectivity index (χ0) is 17.1.